The summed E-state index contributed by atoms with van der Waals surface area (Å²) in [7, 11) is 0. The molecule has 2 atom stereocenters. The van der Waals surface area contributed by atoms with E-state index < -0.39 is 23.9 Å². The smallest absolute Gasteiger partial charge is 0.344 e. The Morgan fingerprint density at radius 3 is 2.44 bits per heavy atom. The molecule has 254 valence electrons. The fourth-order valence-corrected chi connectivity index (χ4v) is 6.75. The second kappa shape index (κ2) is 15.1. The van der Waals surface area contributed by atoms with E-state index in [4.69, 9.17) is 18.9 Å². The van der Waals surface area contributed by atoms with E-state index in [1.807, 2.05) is 0 Å². The lowest BCUT2D eigenvalue weighted by Crippen LogP contribution is -2.58. The van der Waals surface area contributed by atoms with Crippen LogP contribution in [0.25, 0.3) is 5.76 Å². The first-order valence-electron chi connectivity index (χ1n) is 16.7. The molecule has 0 bridgehead atoms. The number of nitrogens with one attached hydrogen (secondary N) is 1. The van der Waals surface area contributed by atoms with Gasteiger partial charge < -0.3 is 29.2 Å². The van der Waals surface area contributed by atoms with Crippen LogP contribution in [0, 0.1) is 0 Å². The minimum absolute atomic E-state index is 0.0175. The standard InChI is InChI=1S/C36H41N3O9/c1-23(34-28-9-5-6-10-29(28)35(43)48-34)46-36(44)30-19-25(15-16-37-30)38-17-18-39(32(41)21-38)20-31(40)24-11-13-26(14-12-24)45-22-33(42)47-27-7-3-2-4-8-27/h5-6,9-14,25,27,30,37H,2-4,7-8,15-22H2,1H3/b34-23-. The number of carbonyl (C=O) groups excluding carboxylic acids is 5. The van der Waals surface area contributed by atoms with Gasteiger partial charge >= 0.3 is 17.9 Å². The predicted octanol–water partition coefficient (Wildman–Crippen LogP) is 3.49. The van der Waals surface area contributed by atoms with Gasteiger partial charge in [-0.2, -0.15) is 0 Å². The zero-order valence-corrected chi connectivity index (χ0v) is 27.1. The topological polar surface area (TPSA) is 141 Å². The van der Waals surface area contributed by atoms with E-state index in [0.29, 0.717) is 48.5 Å². The van der Waals surface area contributed by atoms with Gasteiger partial charge in [0.15, 0.2) is 18.1 Å². The normalized spacial score (nSPS) is 22.8. The van der Waals surface area contributed by atoms with Crippen molar-refractivity contribution in [2.75, 3.05) is 39.3 Å². The van der Waals surface area contributed by atoms with E-state index in [1.54, 1.807) is 60.4 Å². The molecule has 1 aliphatic carbocycles. The summed E-state index contributed by atoms with van der Waals surface area (Å²) >= 11 is 0. The Bertz CT molecular complexity index is 1580. The number of ketones is 1. The fourth-order valence-electron chi connectivity index (χ4n) is 6.75. The van der Waals surface area contributed by atoms with E-state index in [9.17, 15) is 24.0 Å². The molecule has 0 aromatic heterocycles. The van der Waals surface area contributed by atoms with Crippen molar-refractivity contribution in [2.24, 2.45) is 0 Å². The Balaban J connectivity index is 0.953. The molecule has 0 radical (unpaired) electrons. The second-order valence-corrected chi connectivity index (χ2v) is 12.7. The number of Topliss-reactive ketones (excluding diaryl/α,β-unsaturated/α-hetero) is 1. The molecule has 2 unspecified atom stereocenters. The van der Waals surface area contributed by atoms with E-state index in [0.717, 1.165) is 32.1 Å². The van der Waals surface area contributed by atoms with Gasteiger partial charge in [-0.25, -0.2) is 14.4 Å². The lowest BCUT2D eigenvalue weighted by molar-refractivity contribution is -0.153. The largest absolute Gasteiger partial charge is 0.482 e. The summed E-state index contributed by atoms with van der Waals surface area (Å²) in [4.78, 5) is 67.2. The van der Waals surface area contributed by atoms with E-state index >= 15 is 0 Å². The minimum Gasteiger partial charge on any atom is -0.482 e. The third kappa shape index (κ3) is 7.94. The van der Waals surface area contributed by atoms with Crippen LogP contribution in [0.4, 0.5) is 0 Å². The number of cyclic esters (lactones) is 1. The Hall–Kier alpha value is -4.55. The number of piperazine rings is 1. The number of hydrogen-bond donors (Lipinski definition) is 1. The van der Waals surface area contributed by atoms with E-state index in [-0.39, 0.29) is 55.1 Å². The van der Waals surface area contributed by atoms with Gasteiger partial charge in [-0.3, -0.25) is 14.5 Å². The van der Waals surface area contributed by atoms with Crippen LogP contribution in [0.2, 0.25) is 0 Å². The highest BCUT2D eigenvalue weighted by Crippen LogP contribution is 2.32. The predicted molar refractivity (Wildman–Crippen MR) is 173 cm³/mol. The molecule has 3 fully saturated rings. The minimum atomic E-state index is -0.587. The first-order chi connectivity index (χ1) is 23.2. The second-order valence-electron chi connectivity index (χ2n) is 12.7. The molecule has 6 rings (SSSR count). The Kier molecular flexibility index (Phi) is 10.5. The van der Waals surface area contributed by atoms with Gasteiger partial charge in [0.25, 0.3) is 0 Å². The monoisotopic (exact) mass is 659 g/mol. The summed E-state index contributed by atoms with van der Waals surface area (Å²) in [5.74, 6) is -0.778. The zero-order valence-electron chi connectivity index (χ0n) is 27.1. The molecule has 2 saturated heterocycles. The van der Waals surface area contributed by atoms with Crippen molar-refractivity contribution in [3.05, 3.63) is 71.0 Å². The average molecular weight is 660 g/mol. The summed E-state index contributed by atoms with van der Waals surface area (Å²) < 4.78 is 22.0. The molecule has 4 aliphatic rings. The molecule has 2 aromatic carbocycles. The van der Waals surface area contributed by atoms with E-state index in [1.165, 1.54) is 6.42 Å². The SMILES string of the molecule is C/C(OC(=O)C1CC(N2CCN(CC(=O)c3ccc(OCC(=O)OC4CCCCC4)cc3)C(=O)C2)CCN1)=C1/OC(=O)c2ccccc21. The molecule has 3 heterocycles. The van der Waals surface area contributed by atoms with Gasteiger partial charge in [0.2, 0.25) is 5.91 Å². The van der Waals surface area contributed by atoms with Crippen LogP contribution in [0.15, 0.2) is 54.3 Å². The molecule has 0 spiro atoms. The fraction of sp³-hybridized carbons (Fsp3) is 0.472. The summed E-state index contributed by atoms with van der Waals surface area (Å²) in [5.41, 5.74) is 1.46. The lowest BCUT2D eigenvalue weighted by Gasteiger charge is -2.41. The third-order valence-corrected chi connectivity index (χ3v) is 9.40. The number of nitrogens with zero attached hydrogens (tertiary/aromatic N) is 2. The number of amides is 1. The first kappa shape index (κ1) is 33.4. The Morgan fingerprint density at radius 1 is 0.938 bits per heavy atom. The summed E-state index contributed by atoms with van der Waals surface area (Å²) in [6.07, 6.45) is 6.30. The molecule has 2 aromatic rings. The van der Waals surface area contributed by atoms with Crippen molar-refractivity contribution < 1.29 is 42.9 Å². The van der Waals surface area contributed by atoms with Crippen molar-refractivity contribution >= 4 is 35.4 Å². The van der Waals surface area contributed by atoms with Crippen LogP contribution < -0.4 is 10.1 Å². The highest BCUT2D eigenvalue weighted by molar-refractivity contribution is 6.03. The number of esters is 3. The van der Waals surface area contributed by atoms with Crippen molar-refractivity contribution in [3.63, 3.8) is 0 Å². The number of ether oxygens (including phenoxy) is 4. The van der Waals surface area contributed by atoms with Gasteiger partial charge in [-0.05, 0) is 82.3 Å². The van der Waals surface area contributed by atoms with Crippen molar-refractivity contribution in [2.45, 2.75) is 70.1 Å². The molecule has 12 nitrogen and oxygen atoms in total. The van der Waals surface area contributed by atoms with Crippen molar-refractivity contribution in [1.82, 2.24) is 15.1 Å². The molecule has 1 saturated carbocycles. The number of benzene rings is 2. The Labute approximate surface area is 279 Å². The highest BCUT2D eigenvalue weighted by Gasteiger charge is 2.36. The maximum atomic E-state index is 13.1. The molecule has 12 heteroatoms. The Morgan fingerprint density at radius 2 is 1.69 bits per heavy atom. The number of piperidine rings is 1. The molecule has 1 amide bonds. The van der Waals surface area contributed by atoms with Crippen LogP contribution in [0.3, 0.4) is 0 Å². The van der Waals surface area contributed by atoms with Gasteiger partial charge in [-0.15, -0.1) is 0 Å². The summed E-state index contributed by atoms with van der Waals surface area (Å²) in [6, 6.07) is 12.9. The molecular formula is C36H41N3O9. The molecular weight excluding hydrogens is 618 g/mol. The number of carbonyl (C=O) groups is 5. The van der Waals surface area contributed by atoms with Crippen LogP contribution >= 0.6 is 0 Å². The van der Waals surface area contributed by atoms with Gasteiger partial charge in [-0.1, -0.05) is 24.6 Å². The lowest BCUT2D eigenvalue weighted by atomic mass is 9.97. The van der Waals surface area contributed by atoms with E-state index in [2.05, 4.69) is 10.2 Å². The molecule has 1 N–H and O–H groups in total. The highest BCUT2D eigenvalue weighted by atomic mass is 16.6. The van der Waals surface area contributed by atoms with Crippen molar-refractivity contribution in [3.8, 4) is 5.75 Å². The van der Waals surface area contributed by atoms with Crippen LogP contribution in [0.5, 0.6) is 5.75 Å². The first-order valence-corrected chi connectivity index (χ1v) is 16.7. The van der Waals surface area contributed by atoms with Crippen LogP contribution in [-0.2, 0) is 28.6 Å². The van der Waals surface area contributed by atoms with Gasteiger partial charge in [0.05, 0.1) is 18.7 Å². The number of hydrogen-bond acceptors (Lipinski definition) is 11. The molecule has 3 aliphatic heterocycles. The quantitative estimate of drug-likeness (QED) is 0.174. The summed E-state index contributed by atoms with van der Waals surface area (Å²) in [6.45, 7) is 3.07. The number of fused-ring (bicyclic) bond motifs is 1. The third-order valence-electron chi connectivity index (χ3n) is 9.40. The molecule has 48 heavy (non-hydrogen) atoms. The van der Waals surface area contributed by atoms with Crippen LogP contribution in [-0.4, -0.2) is 96.9 Å². The maximum Gasteiger partial charge on any atom is 0.344 e. The van der Waals surface area contributed by atoms with Crippen molar-refractivity contribution in [1.29, 1.82) is 0 Å². The van der Waals surface area contributed by atoms with Gasteiger partial charge in [0.1, 0.15) is 23.7 Å². The average Bonchev–Trinajstić information content (AvgIpc) is 3.45. The maximum absolute atomic E-state index is 13.1. The zero-order chi connectivity index (χ0) is 33.6. The summed E-state index contributed by atoms with van der Waals surface area (Å²) in [5, 5.41) is 3.21. The number of rotatable bonds is 10. The van der Waals surface area contributed by atoms with Gasteiger partial charge in [0, 0.05) is 30.3 Å². The number of allylic oxidation sites excluding steroid dienone is 1. The van der Waals surface area contributed by atoms with Crippen LogP contribution in [0.1, 0.15) is 78.1 Å².